The minimum atomic E-state index is -0.379. The Hall–Kier alpha value is -3.16. The van der Waals surface area contributed by atoms with Crippen molar-refractivity contribution in [3.8, 4) is 0 Å². The van der Waals surface area contributed by atoms with Crippen LogP contribution in [-0.4, -0.2) is 36.6 Å². The third kappa shape index (κ3) is 4.22. The summed E-state index contributed by atoms with van der Waals surface area (Å²) in [6.07, 6.45) is 5.96. The van der Waals surface area contributed by atoms with Crippen LogP contribution in [0.3, 0.4) is 0 Å². The fourth-order valence-electron chi connectivity index (χ4n) is 4.00. The monoisotopic (exact) mass is 408 g/mol. The SMILES string of the molecule is Cc1ccc(C)c(Cn2nc3n(c2=O)CCCC3C(=O)NCCCn2cccn2)c1. The second-order valence-corrected chi connectivity index (χ2v) is 7.99. The maximum absolute atomic E-state index is 12.9. The van der Waals surface area contributed by atoms with Gasteiger partial charge in [0.2, 0.25) is 5.91 Å². The van der Waals surface area contributed by atoms with Gasteiger partial charge >= 0.3 is 5.69 Å². The van der Waals surface area contributed by atoms with E-state index in [1.54, 1.807) is 10.8 Å². The molecule has 4 rings (SSSR count). The van der Waals surface area contributed by atoms with Crippen molar-refractivity contribution in [1.29, 1.82) is 0 Å². The average molecular weight is 409 g/mol. The number of fused-ring (bicyclic) bond motifs is 1. The Balaban J connectivity index is 1.45. The molecule has 1 atom stereocenters. The van der Waals surface area contributed by atoms with E-state index in [4.69, 9.17) is 0 Å². The molecule has 8 nitrogen and oxygen atoms in total. The van der Waals surface area contributed by atoms with Crippen LogP contribution in [0.2, 0.25) is 0 Å². The molecule has 8 heteroatoms. The van der Waals surface area contributed by atoms with Crippen LogP contribution in [0.25, 0.3) is 0 Å². The minimum Gasteiger partial charge on any atom is -0.355 e. The fourth-order valence-corrected chi connectivity index (χ4v) is 4.00. The van der Waals surface area contributed by atoms with E-state index in [0.717, 1.165) is 36.1 Å². The zero-order chi connectivity index (χ0) is 21.1. The van der Waals surface area contributed by atoms with Crippen LogP contribution in [0, 0.1) is 13.8 Å². The van der Waals surface area contributed by atoms with Crippen LogP contribution in [-0.2, 0) is 24.4 Å². The average Bonchev–Trinajstić information content (AvgIpc) is 3.36. The quantitative estimate of drug-likeness (QED) is 0.606. The molecule has 1 N–H and O–H groups in total. The van der Waals surface area contributed by atoms with Crippen LogP contribution in [0.4, 0.5) is 0 Å². The van der Waals surface area contributed by atoms with Gasteiger partial charge in [-0.1, -0.05) is 23.8 Å². The van der Waals surface area contributed by atoms with E-state index in [1.807, 2.05) is 30.8 Å². The molecule has 0 fully saturated rings. The molecule has 1 aliphatic rings. The van der Waals surface area contributed by atoms with Gasteiger partial charge in [0.05, 0.1) is 12.5 Å². The number of nitrogens with one attached hydrogen (secondary N) is 1. The third-order valence-corrected chi connectivity index (χ3v) is 5.70. The van der Waals surface area contributed by atoms with Crippen molar-refractivity contribution in [2.45, 2.75) is 58.7 Å². The first-order chi connectivity index (χ1) is 14.5. The molecule has 0 radical (unpaired) electrons. The lowest BCUT2D eigenvalue weighted by Gasteiger charge is -2.21. The standard InChI is InChI=1S/C22H28N6O2/c1-16-7-8-17(2)18(14-16)15-28-22(30)27-13-3-6-19(20(27)25-28)21(29)23-9-4-11-26-12-5-10-24-26/h5,7-8,10,12,14,19H,3-4,6,9,11,13,15H2,1-2H3,(H,23,29). The third-order valence-electron chi connectivity index (χ3n) is 5.70. The Morgan fingerprint density at radius 1 is 1.30 bits per heavy atom. The topological polar surface area (TPSA) is 86.7 Å². The van der Waals surface area contributed by atoms with Crippen LogP contribution in [0.1, 0.15) is 47.7 Å². The number of aromatic nitrogens is 5. The smallest absolute Gasteiger partial charge is 0.346 e. The Kier molecular flexibility index (Phi) is 5.83. The van der Waals surface area contributed by atoms with Gasteiger partial charge in [-0.3, -0.25) is 14.0 Å². The van der Waals surface area contributed by atoms with Crippen molar-refractivity contribution in [3.63, 3.8) is 0 Å². The molecule has 1 unspecified atom stereocenters. The van der Waals surface area contributed by atoms with Crippen LogP contribution in [0.5, 0.6) is 0 Å². The number of aryl methyl sites for hydroxylation is 3. The van der Waals surface area contributed by atoms with Gasteiger partial charge in [0.15, 0.2) is 0 Å². The summed E-state index contributed by atoms with van der Waals surface area (Å²) in [5.41, 5.74) is 3.22. The summed E-state index contributed by atoms with van der Waals surface area (Å²) in [4.78, 5) is 25.7. The van der Waals surface area contributed by atoms with Gasteiger partial charge in [-0.15, -0.1) is 0 Å². The number of nitrogens with zero attached hydrogens (tertiary/aromatic N) is 5. The Morgan fingerprint density at radius 3 is 2.97 bits per heavy atom. The highest BCUT2D eigenvalue weighted by atomic mass is 16.2. The summed E-state index contributed by atoms with van der Waals surface area (Å²) >= 11 is 0. The van der Waals surface area contributed by atoms with Gasteiger partial charge in [-0.05, 0) is 50.3 Å². The maximum Gasteiger partial charge on any atom is 0.346 e. The number of rotatable bonds is 7. The van der Waals surface area contributed by atoms with Gasteiger partial charge in [-0.25, -0.2) is 9.48 Å². The summed E-state index contributed by atoms with van der Waals surface area (Å²) in [6, 6.07) is 8.09. The summed E-state index contributed by atoms with van der Waals surface area (Å²) < 4.78 is 5.02. The molecule has 1 amide bonds. The first-order valence-electron chi connectivity index (χ1n) is 10.5. The highest BCUT2D eigenvalue weighted by Crippen LogP contribution is 2.24. The number of amides is 1. The number of carbonyl (C=O) groups excluding carboxylic acids is 1. The van der Waals surface area contributed by atoms with Crippen molar-refractivity contribution in [1.82, 2.24) is 29.4 Å². The predicted molar refractivity (Wildman–Crippen MR) is 113 cm³/mol. The molecule has 1 aliphatic heterocycles. The summed E-state index contributed by atoms with van der Waals surface area (Å²) in [5, 5.41) is 11.7. The molecule has 3 heterocycles. The predicted octanol–water partition coefficient (Wildman–Crippen LogP) is 1.99. The molecule has 1 aromatic carbocycles. The second-order valence-electron chi connectivity index (χ2n) is 7.99. The van der Waals surface area contributed by atoms with E-state index in [0.29, 0.717) is 31.9 Å². The molecule has 0 aliphatic carbocycles. The van der Waals surface area contributed by atoms with Gasteiger partial charge in [-0.2, -0.15) is 10.2 Å². The normalized spacial score (nSPS) is 15.7. The van der Waals surface area contributed by atoms with Gasteiger partial charge < -0.3 is 5.32 Å². The molecule has 0 bridgehead atoms. The van der Waals surface area contributed by atoms with Crippen molar-refractivity contribution < 1.29 is 4.79 Å². The molecule has 0 saturated carbocycles. The summed E-state index contributed by atoms with van der Waals surface area (Å²) in [5.74, 6) is 0.150. The molecule has 0 saturated heterocycles. The number of hydrogen-bond acceptors (Lipinski definition) is 4. The largest absolute Gasteiger partial charge is 0.355 e. The molecular weight excluding hydrogens is 380 g/mol. The first-order valence-corrected chi connectivity index (χ1v) is 10.5. The highest BCUT2D eigenvalue weighted by molar-refractivity contribution is 5.82. The fraction of sp³-hybridized carbons (Fsp3) is 0.455. The Bertz CT molecular complexity index is 1080. The van der Waals surface area contributed by atoms with Crippen molar-refractivity contribution in [2.24, 2.45) is 0 Å². The number of hydrogen-bond donors (Lipinski definition) is 1. The lowest BCUT2D eigenvalue weighted by molar-refractivity contribution is -0.123. The molecule has 158 valence electrons. The van der Waals surface area contributed by atoms with Crippen molar-refractivity contribution >= 4 is 5.91 Å². The van der Waals surface area contributed by atoms with E-state index in [1.165, 1.54) is 4.68 Å². The Morgan fingerprint density at radius 2 is 2.17 bits per heavy atom. The van der Waals surface area contributed by atoms with Crippen LogP contribution >= 0.6 is 0 Å². The molecule has 3 aromatic rings. The van der Waals surface area contributed by atoms with Crippen LogP contribution < -0.4 is 11.0 Å². The number of benzene rings is 1. The van der Waals surface area contributed by atoms with Gasteiger partial charge in [0, 0.05) is 32.0 Å². The lowest BCUT2D eigenvalue weighted by atomic mass is 9.98. The van der Waals surface area contributed by atoms with Crippen molar-refractivity contribution in [3.05, 3.63) is 69.7 Å². The van der Waals surface area contributed by atoms with E-state index < -0.39 is 0 Å². The maximum atomic E-state index is 12.9. The van der Waals surface area contributed by atoms with E-state index in [9.17, 15) is 9.59 Å². The van der Waals surface area contributed by atoms with E-state index >= 15 is 0 Å². The zero-order valence-corrected chi connectivity index (χ0v) is 17.5. The molecule has 30 heavy (non-hydrogen) atoms. The minimum absolute atomic E-state index is 0.0553. The highest BCUT2D eigenvalue weighted by Gasteiger charge is 2.31. The molecular formula is C22H28N6O2. The lowest BCUT2D eigenvalue weighted by Crippen LogP contribution is -2.35. The van der Waals surface area contributed by atoms with E-state index in [2.05, 4.69) is 33.7 Å². The molecule has 2 aromatic heterocycles. The van der Waals surface area contributed by atoms with Gasteiger partial charge in [0.1, 0.15) is 5.82 Å². The van der Waals surface area contributed by atoms with Crippen molar-refractivity contribution in [2.75, 3.05) is 6.54 Å². The van der Waals surface area contributed by atoms with E-state index in [-0.39, 0.29) is 17.5 Å². The van der Waals surface area contributed by atoms with Gasteiger partial charge in [0.25, 0.3) is 0 Å². The Labute approximate surface area is 175 Å². The number of carbonyl (C=O) groups is 1. The summed E-state index contributed by atoms with van der Waals surface area (Å²) in [6.45, 7) is 6.44. The first kappa shape index (κ1) is 20.1. The van der Waals surface area contributed by atoms with Crippen LogP contribution in [0.15, 0.2) is 41.5 Å². The summed E-state index contributed by atoms with van der Waals surface area (Å²) in [7, 11) is 0. The zero-order valence-electron chi connectivity index (χ0n) is 17.5. The second kappa shape index (κ2) is 8.69. The molecule has 0 spiro atoms.